The Morgan fingerprint density at radius 3 is 2.31 bits per heavy atom. The predicted molar refractivity (Wildman–Crippen MR) is 201 cm³/mol. The zero-order valence-electron chi connectivity index (χ0n) is 31.0. The lowest BCUT2D eigenvalue weighted by Gasteiger charge is -2.37. The van der Waals surface area contributed by atoms with Crippen molar-refractivity contribution in [1.82, 2.24) is 4.90 Å². The molecule has 3 amide bonds. The molecule has 9 atom stereocenters. The smallest absolute Gasteiger partial charge is 0.264 e. The molecule has 2 fully saturated rings. The molecule has 2 saturated heterocycles. The van der Waals surface area contributed by atoms with Crippen molar-refractivity contribution in [2.75, 3.05) is 37.5 Å². The van der Waals surface area contributed by atoms with Crippen LogP contribution in [-0.2, 0) is 36.0 Å². The van der Waals surface area contributed by atoms with Gasteiger partial charge in [-0.05, 0) is 41.4 Å². The number of methoxy groups -OCH3 is 1. The second-order valence-electron chi connectivity index (χ2n) is 14.9. The van der Waals surface area contributed by atoms with Gasteiger partial charge >= 0.3 is 0 Å². The third-order valence-corrected chi connectivity index (χ3v) is 15.8. The Kier molecular flexibility index (Phi) is 11.3. The Balaban J connectivity index is 1.38. The SMILES string of the molecule is COc1ccc([Si](C)(C)[C@@H]2[C@@H](CC(=O)N(CCO)Cc3ccccc3)O[C@]3(C(=O)N(C)c4ccc(NC(=O)[C@H]5O[C@@H](O)[C@H](O)[C@@H](O)[C@@H]5O)cc43)[C@H]2C)cc1. The number of rotatable bonds is 11. The molecule has 0 radical (unpaired) electrons. The van der Waals surface area contributed by atoms with Crippen molar-refractivity contribution in [3.05, 3.63) is 83.9 Å². The lowest BCUT2D eigenvalue weighted by Crippen LogP contribution is -2.60. The van der Waals surface area contributed by atoms with E-state index in [1.807, 2.05) is 61.5 Å². The number of anilines is 2. The van der Waals surface area contributed by atoms with Gasteiger partial charge in [0.15, 0.2) is 18.0 Å². The van der Waals surface area contributed by atoms with Crippen LogP contribution in [0, 0.1) is 5.92 Å². The standard InChI is InChI=1S/C39H49N3O11Si/c1-22-35(54(4,5)26-14-12-25(51-3)13-15-26)29(20-30(44)42(17-18-43)21-23-9-7-6-8-10-23)53-39(22)27-19-24(11-16-28(27)41(2)38(39)50)40-36(48)34-32(46)31(45)33(47)37(49)52-34/h6-16,19,22,29,31-35,37,43,45-47,49H,17-18,20-21H2,1-5H3,(H,40,48)/t22-,29+,31-,32-,33+,34-,35-,37+,39+/m0/s1. The van der Waals surface area contributed by atoms with Crippen molar-refractivity contribution in [1.29, 1.82) is 0 Å². The van der Waals surface area contributed by atoms with Crippen LogP contribution in [0.5, 0.6) is 5.75 Å². The molecule has 0 aromatic heterocycles. The maximum Gasteiger partial charge on any atom is 0.264 e. The number of hydrogen-bond acceptors (Lipinski definition) is 11. The molecule has 3 aliphatic heterocycles. The molecule has 6 rings (SSSR count). The van der Waals surface area contributed by atoms with E-state index in [4.69, 9.17) is 14.2 Å². The van der Waals surface area contributed by atoms with Crippen LogP contribution in [0.2, 0.25) is 18.6 Å². The fraction of sp³-hybridized carbons (Fsp3) is 0.462. The molecule has 0 saturated carbocycles. The van der Waals surface area contributed by atoms with Crippen LogP contribution < -0.4 is 20.1 Å². The van der Waals surface area contributed by atoms with Gasteiger partial charge in [-0.25, -0.2) is 0 Å². The Morgan fingerprint density at radius 1 is 0.981 bits per heavy atom. The summed E-state index contributed by atoms with van der Waals surface area (Å²) >= 11 is 0. The number of carbonyl (C=O) groups is 3. The van der Waals surface area contributed by atoms with E-state index in [0.717, 1.165) is 10.8 Å². The Labute approximate surface area is 314 Å². The van der Waals surface area contributed by atoms with Gasteiger partial charge in [0, 0.05) is 37.3 Å². The van der Waals surface area contributed by atoms with Gasteiger partial charge in [0.05, 0.1) is 40.0 Å². The van der Waals surface area contributed by atoms with E-state index in [9.17, 15) is 39.9 Å². The molecule has 6 N–H and O–H groups in total. The van der Waals surface area contributed by atoms with E-state index in [1.165, 1.54) is 4.90 Å². The van der Waals surface area contributed by atoms with E-state index < -0.39 is 62.3 Å². The third kappa shape index (κ3) is 6.94. The molecule has 3 aromatic rings. The van der Waals surface area contributed by atoms with E-state index in [0.29, 0.717) is 17.0 Å². The molecule has 0 unspecified atom stereocenters. The van der Waals surface area contributed by atoms with Crippen molar-refractivity contribution in [3.63, 3.8) is 0 Å². The average molecular weight is 764 g/mol. The zero-order valence-corrected chi connectivity index (χ0v) is 32.0. The van der Waals surface area contributed by atoms with Crippen LogP contribution in [0.15, 0.2) is 72.8 Å². The largest absolute Gasteiger partial charge is 0.497 e. The van der Waals surface area contributed by atoms with Crippen molar-refractivity contribution in [2.45, 2.75) is 80.9 Å². The van der Waals surface area contributed by atoms with Crippen molar-refractivity contribution in [2.24, 2.45) is 5.92 Å². The lowest BCUT2D eigenvalue weighted by atomic mass is 9.82. The van der Waals surface area contributed by atoms with Gasteiger partial charge in [-0.15, -0.1) is 0 Å². The summed E-state index contributed by atoms with van der Waals surface area (Å²) in [4.78, 5) is 45.2. The number of ether oxygens (including phenoxy) is 3. The second kappa shape index (κ2) is 15.5. The number of amides is 3. The topological polar surface area (TPSA) is 199 Å². The molecule has 3 heterocycles. The van der Waals surface area contributed by atoms with Gasteiger partial charge in [0.25, 0.3) is 11.8 Å². The number of hydrogen-bond donors (Lipinski definition) is 6. The Hall–Kier alpha value is -4.19. The second-order valence-corrected chi connectivity index (χ2v) is 19.6. The lowest BCUT2D eigenvalue weighted by molar-refractivity contribution is -0.274. The zero-order chi connectivity index (χ0) is 39.1. The third-order valence-electron chi connectivity index (χ3n) is 11.4. The molecule has 3 aliphatic rings. The molecule has 0 bridgehead atoms. The number of nitrogens with zero attached hydrogens (tertiary/aromatic N) is 2. The number of likely N-dealkylation sites (N-methyl/N-ethyl adjacent to an activating group) is 1. The van der Waals surface area contributed by atoms with Gasteiger partial charge in [0.1, 0.15) is 24.1 Å². The quantitative estimate of drug-likeness (QED) is 0.153. The maximum atomic E-state index is 14.6. The number of aliphatic hydroxyl groups excluding tert-OH is 5. The predicted octanol–water partition coefficient (Wildman–Crippen LogP) is 1.04. The maximum absolute atomic E-state index is 14.6. The van der Waals surface area contributed by atoms with Gasteiger partial charge < -0.3 is 54.9 Å². The first kappa shape index (κ1) is 39.5. The van der Waals surface area contributed by atoms with Crippen LogP contribution in [0.1, 0.15) is 24.5 Å². The highest BCUT2D eigenvalue weighted by molar-refractivity contribution is 6.91. The molecule has 3 aromatic carbocycles. The fourth-order valence-corrected chi connectivity index (χ4v) is 12.5. The van der Waals surface area contributed by atoms with Gasteiger partial charge in [-0.2, -0.15) is 0 Å². The normalized spacial score (nSPS) is 29.3. The first-order valence-corrected chi connectivity index (χ1v) is 21.1. The highest BCUT2D eigenvalue weighted by atomic mass is 28.3. The number of fused-ring (bicyclic) bond motifs is 2. The summed E-state index contributed by atoms with van der Waals surface area (Å²) in [5, 5.41) is 54.2. The van der Waals surface area contributed by atoms with Gasteiger partial charge in [-0.1, -0.05) is 67.7 Å². The molecule has 1 spiro atoms. The molecule has 290 valence electrons. The molecule has 0 aliphatic carbocycles. The van der Waals surface area contributed by atoms with Crippen molar-refractivity contribution in [3.8, 4) is 5.75 Å². The molecular weight excluding hydrogens is 715 g/mol. The summed E-state index contributed by atoms with van der Waals surface area (Å²) in [5.41, 5.74) is 0.344. The van der Waals surface area contributed by atoms with Crippen LogP contribution in [0.4, 0.5) is 11.4 Å². The Morgan fingerprint density at radius 2 is 1.67 bits per heavy atom. The Bertz CT molecular complexity index is 1850. The number of carbonyl (C=O) groups excluding carboxylic acids is 3. The highest BCUT2D eigenvalue weighted by Gasteiger charge is 2.66. The van der Waals surface area contributed by atoms with E-state index in [-0.39, 0.29) is 49.2 Å². The van der Waals surface area contributed by atoms with Crippen LogP contribution in [0.3, 0.4) is 0 Å². The molecular formula is C39H49N3O11Si. The first-order chi connectivity index (χ1) is 25.6. The number of nitrogens with one attached hydrogen (secondary N) is 1. The first-order valence-electron chi connectivity index (χ1n) is 18.0. The van der Waals surface area contributed by atoms with Crippen LogP contribution in [-0.4, -0.2) is 120 Å². The summed E-state index contributed by atoms with van der Waals surface area (Å²) in [6.07, 6.45) is -9.84. The minimum absolute atomic E-state index is 0.0493. The summed E-state index contributed by atoms with van der Waals surface area (Å²) in [7, 11) is 0.633. The minimum atomic E-state index is -2.61. The van der Waals surface area contributed by atoms with Gasteiger partial charge in [0.2, 0.25) is 5.91 Å². The van der Waals surface area contributed by atoms with Gasteiger partial charge in [-0.3, -0.25) is 14.4 Å². The van der Waals surface area contributed by atoms with E-state index >= 15 is 0 Å². The average Bonchev–Trinajstić information content (AvgIpc) is 3.57. The minimum Gasteiger partial charge on any atom is -0.497 e. The van der Waals surface area contributed by atoms with Crippen molar-refractivity contribution >= 4 is 42.4 Å². The van der Waals surface area contributed by atoms with Crippen LogP contribution >= 0.6 is 0 Å². The van der Waals surface area contributed by atoms with E-state index in [2.05, 4.69) is 18.4 Å². The van der Waals surface area contributed by atoms with Crippen molar-refractivity contribution < 1.29 is 54.1 Å². The summed E-state index contributed by atoms with van der Waals surface area (Å²) < 4.78 is 17.6. The molecule has 54 heavy (non-hydrogen) atoms. The summed E-state index contributed by atoms with van der Waals surface area (Å²) in [5.74, 6) is -1.21. The molecule has 15 heteroatoms. The monoisotopic (exact) mass is 763 g/mol. The van der Waals surface area contributed by atoms with E-state index in [1.54, 1.807) is 37.3 Å². The number of aliphatic hydroxyl groups is 5. The van der Waals surface area contributed by atoms with Crippen LogP contribution in [0.25, 0.3) is 0 Å². The summed E-state index contributed by atoms with van der Waals surface area (Å²) in [6, 6.07) is 22.2. The fourth-order valence-electron chi connectivity index (χ4n) is 8.51. The summed E-state index contributed by atoms with van der Waals surface area (Å²) in [6.45, 7) is 6.53. The highest BCUT2D eigenvalue weighted by Crippen LogP contribution is 2.60. The molecule has 14 nitrogen and oxygen atoms in total. The number of benzene rings is 3.